The van der Waals surface area contributed by atoms with Crippen LogP contribution in [0.25, 0.3) is 11.4 Å². The summed E-state index contributed by atoms with van der Waals surface area (Å²) in [5.41, 5.74) is 0.845. The summed E-state index contributed by atoms with van der Waals surface area (Å²) in [6, 6.07) is 10.9. The summed E-state index contributed by atoms with van der Waals surface area (Å²) in [4.78, 5) is 22.4. The van der Waals surface area contributed by atoms with E-state index in [0.29, 0.717) is 36.3 Å². The van der Waals surface area contributed by atoms with Crippen LogP contribution in [0.3, 0.4) is 0 Å². The van der Waals surface area contributed by atoms with Gasteiger partial charge < -0.3 is 18.9 Å². The standard InChI is InChI=1S/C19H18N4O4/c1-25-15-4-2-3-5-16(15)26-12-17(24)23-10-14(11-23)19-21-18(22-27-19)13-6-8-20-9-7-13/h2-9,14H,10-12H2,1H3. The lowest BCUT2D eigenvalue weighted by atomic mass is 10.0. The Labute approximate surface area is 155 Å². The number of ether oxygens (including phenoxy) is 2. The molecule has 0 atom stereocenters. The van der Waals surface area contributed by atoms with Crippen molar-refractivity contribution in [3.63, 3.8) is 0 Å². The van der Waals surface area contributed by atoms with E-state index in [1.807, 2.05) is 24.3 Å². The molecule has 1 aliphatic rings. The number of hydrogen-bond donors (Lipinski definition) is 0. The first-order chi connectivity index (χ1) is 13.2. The van der Waals surface area contributed by atoms with Gasteiger partial charge in [-0.15, -0.1) is 0 Å². The van der Waals surface area contributed by atoms with Crippen LogP contribution in [-0.4, -0.2) is 52.7 Å². The normalized spacial score (nSPS) is 13.9. The molecule has 3 heterocycles. The molecule has 0 spiro atoms. The Morgan fingerprint density at radius 1 is 1.19 bits per heavy atom. The van der Waals surface area contributed by atoms with Crippen molar-refractivity contribution in [3.05, 3.63) is 54.7 Å². The highest BCUT2D eigenvalue weighted by atomic mass is 16.5. The van der Waals surface area contributed by atoms with Crippen LogP contribution in [0.4, 0.5) is 0 Å². The fourth-order valence-electron chi connectivity index (χ4n) is 2.83. The van der Waals surface area contributed by atoms with Crippen LogP contribution in [0.15, 0.2) is 53.3 Å². The highest BCUT2D eigenvalue weighted by molar-refractivity contribution is 5.79. The Morgan fingerprint density at radius 3 is 2.67 bits per heavy atom. The van der Waals surface area contributed by atoms with Crippen molar-refractivity contribution in [2.75, 3.05) is 26.8 Å². The lowest BCUT2D eigenvalue weighted by Gasteiger charge is -2.36. The van der Waals surface area contributed by atoms with E-state index in [-0.39, 0.29) is 18.4 Å². The number of benzene rings is 1. The van der Waals surface area contributed by atoms with E-state index in [1.54, 1.807) is 36.5 Å². The molecule has 8 heteroatoms. The lowest BCUT2D eigenvalue weighted by Crippen LogP contribution is -2.50. The minimum absolute atomic E-state index is 0.0425. The Morgan fingerprint density at radius 2 is 1.93 bits per heavy atom. The Bertz CT molecular complexity index is 922. The zero-order chi connectivity index (χ0) is 18.6. The predicted molar refractivity (Wildman–Crippen MR) is 95.3 cm³/mol. The Balaban J connectivity index is 1.30. The zero-order valence-corrected chi connectivity index (χ0v) is 14.7. The third-order valence-corrected chi connectivity index (χ3v) is 4.38. The minimum atomic E-state index is -0.0916. The van der Waals surface area contributed by atoms with Crippen LogP contribution in [-0.2, 0) is 4.79 Å². The fraction of sp³-hybridized carbons (Fsp3) is 0.263. The van der Waals surface area contributed by atoms with Crippen LogP contribution < -0.4 is 9.47 Å². The summed E-state index contributed by atoms with van der Waals surface area (Å²) >= 11 is 0. The molecule has 2 aromatic heterocycles. The number of likely N-dealkylation sites (tertiary alicyclic amines) is 1. The van der Waals surface area contributed by atoms with Gasteiger partial charge >= 0.3 is 0 Å². The van der Waals surface area contributed by atoms with Gasteiger partial charge in [-0.3, -0.25) is 9.78 Å². The van der Waals surface area contributed by atoms with Gasteiger partial charge in [-0.1, -0.05) is 17.3 Å². The minimum Gasteiger partial charge on any atom is -0.493 e. The van der Waals surface area contributed by atoms with Gasteiger partial charge in [-0.2, -0.15) is 4.98 Å². The number of aromatic nitrogens is 3. The number of nitrogens with zero attached hydrogens (tertiary/aromatic N) is 4. The first kappa shape index (κ1) is 17.0. The average molecular weight is 366 g/mol. The average Bonchev–Trinajstić information content (AvgIpc) is 3.16. The molecule has 0 saturated carbocycles. The largest absolute Gasteiger partial charge is 0.493 e. The molecule has 0 aliphatic carbocycles. The quantitative estimate of drug-likeness (QED) is 0.660. The summed E-state index contributed by atoms with van der Waals surface area (Å²) in [6.07, 6.45) is 3.35. The lowest BCUT2D eigenvalue weighted by molar-refractivity contribution is -0.138. The molecule has 4 rings (SSSR count). The molecule has 0 radical (unpaired) electrons. The topological polar surface area (TPSA) is 90.6 Å². The van der Waals surface area contributed by atoms with Crippen molar-refractivity contribution in [1.29, 1.82) is 0 Å². The highest BCUT2D eigenvalue weighted by Crippen LogP contribution is 2.29. The first-order valence-corrected chi connectivity index (χ1v) is 8.52. The number of para-hydroxylation sites is 2. The van der Waals surface area contributed by atoms with E-state index in [2.05, 4.69) is 15.1 Å². The Kier molecular flexibility index (Phi) is 4.69. The second-order valence-corrected chi connectivity index (χ2v) is 6.13. The summed E-state index contributed by atoms with van der Waals surface area (Å²) < 4.78 is 16.1. The molecule has 8 nitrogen and oxygen atoms in total. The molecule has 1 saturated heterocycles. The summed E-state index contributed by atoms with van der Waals surface area (Å²) in [5, 5.41) is 4.00. The molecule has 0 N–H and O–H groups in total. The predicted octanol–water partition coefficient (Wildman–Crippen LogP) is 2.14. The molecule has 27 heavy (non-hydrogen) atoms. The second kappa shape index (κ2) is 7.45. The van der Waals surface area contributed by atoms with E-state index in [9.17, 15) is 4.79 Å². The van der Waals surface area contributed by atoms with Crippen molar-refractivity contribution >= 4 is 5.91 Å². The van der Waals surface area contributed by atoms with Crippen LogP contribution >= 0.6 is 0 Å². The number of pyridine rings is 1. The van der Waals surface area contributed by atoms with Crippen molar-refractivity contribution in [2.45, 2.75) is 5.92 Å². The van der Waals surface area contributed by atoms with Crippen LogP contribution in [0.2, 0.25) is 0 Å². The molecule has 3 aromatic rings. The van der Waals surface area contributed by atoms with Gasteiger partial charge in [-0.05, 0) is 24.3 Å². The number of amides is 1. The number of methoxy groups -OCH3 is 1. The van der Waals surface area contributed by atoms with Crippen molar-refractivity contribution in [3.8, 4) is 22.9 Å². The molecule has 1 amide bonds. The number of hydrogen-bond acceptors (Lipinski definition) is 7. The highest BCUT2D eigenvalue weighted by Gasteiger charge is 2.35. The van der Waals surface area contributed by atoms with Gasteiger partial charge in [-0.25, -0.2) is 0 Å². The van der Waals surface area contributed by atoms with Gasteiger partial charge in [0.15, 0.2) is 18.1 Å². The van der Waals surface area contributed by atoms with Gasteiger partial charge in [0, 0.05) is 31.0 Å². The third-order valence-electron chi connectivity index (χ3n) is 4.38. The maximum absolute atomic E-state index is 12.3. The van der Waals surface area contributed by atoms with Crippen LogP contribution in [0.1, 0.15) is 11.8 Å². The van der Waals surface area contributed by atoms with Crippen molar-refractivity contribution < 1.29 is 18.8 Å². The molecular formula is C19H18N4O4. The number of rotatable bonds is 6. The van der Waals surface area contributed by atoms with E-state index in [4.69, 9.17) is 14.0 Å². The molecule has 1 aromatic carbocycles. The van der Waals surface area contributed by atoms with E-state index in [1.165, 1.54) is 0 Å². The zero-order valence-electron chi connectivity index (χ0n) is 14.7. The first-order valence-electron chi connectivity index (χ1n) is 8.52. The van der Waals surface area contributed by atoms with E-state index >= 15 is 0 Å². The third kappa shape index (κ3) is 3.59. The fourth-order valence-corrected chi connectivity index (χ4v) is 2.83. The van der Waals surface area contributed by atoms with Crippen LogP contribution in [0.5, 0.6) is 11.5 Å². The maximum atomic E-state index is 12.3. The van der Waals surface area contributed by atoms with Crippen molar-refractivity contribution in [2.24, 2.45) is 0 Å². The molecule has 0 bridgehead atoms. The monoisotopic (exact) mass is 366 g/mol. The van der Waals surface area contributed by atoms with Crippen molar-refractivity contribution in [1.82, 2.24) is 20.0 Å². The summed E-state index contributed by atoms with van der Waals surface area (Å²) in [5.74, 6) is 2.16. The molecular weight excluding hydrogens is 348 g/mol. The van der Waals surface area contributed by atoms with Gasteiger partial charge in [0.1, 0.15) is 0 Å². The SMILES string of the molecule is COc1ccccc1OCC(=O)N1CC(c2nc(-c3ccncc3)no2)C1. The summed E-state index contributed by atoms with van der Waals surface area (Å²) in [6.45, 7) is 1.03. The number of carbonyl (C=O) groups excluding carboxylic acids is 1. The van der Waals surface area contributed by atoms with E-state index in [0.717, 1.165) is 5.56 Å². The molecule has 0 unspecified atom stereocenters. The summed E-state index contributed by atoms with van der Waals surface area (Å²) in [7, 11) is 1.56. The van der Waals surface area contributed by atoms with Gasteiger partial charge in [0.05, 0.1) is 13.0 Å². The second-order valence-electron chi connectivity index (χ2n) is 6.13. The number of carbonyl (C=O) groups is 1. The smallest absolute Gasteiger partial charge is 0.260 e. The van der Waals surface area contributed by atoms with Gasteiger partial charge in [0.25, 0.3) is 5.91 Å². The maximum Gasteiger partial charge on any atom is 0.260 e. The Hall–Kier alpha value is -3.42. The molecule has 138 valence electrons. The van der Waals surface area contributed by atoms with Gasteiger partial charge in [0.2, 0.25) is 11.7 Å². The molecule has 1 fully saturated rings. The van der Waals surface area contributed by atoms with E-state index < -0.39 is 0 Å². The molecule has 1 aliphatic heterocycles. The van der Waals surface area contributed by atoms with Crippen LogP contribution in [0, 0.1) is 0 Å².